The Hall–Kier alpha value is -1.67. The highest BCUT2D eigenvalue weighted by molar-refractivity contribution is 7.89. The Balaban J connectivity index is 2.11. The van der Waals surface area contributed by atoms with Gasteiger partial charge in [-0.3, -0.25) is 9.59 Å². The molecular weight excluding hydrogens is 378 g/mol. The average molecular weight is 412 g/mol. The number of pyridine rings is 1. The first-order valence-corrected chi connectivity index (χ1v) is 11.8. The number of carbonyl (C=O) groups is 1. The topological polar surface area (TPSA) is 88.5 Å². The fourth-order valence-electron chi connectivity index (χ4n) is 3.94. The van der Waals surface area contributed by atoms with Crippen molar-refractivity contribution < 1.29 is 13.2 Å². The Morgan fingerprint density at radius 2 is 1.93 bits per heavy atom. The second-order valence-electron chi connectivity index (χ2n) is 7.43. The zero-order chi connectivity index (χ0) is 20.7. The highest BCUT2D eigenvalue weighted by Crippen LogP contribution is 2.29. The number of nitrogens with zero attached hydrogens (tertiary/aromatic N) is 2. The van der Waals surface area contributed by atoms with E-state index in [0.29, 0.717) is 19.0 Å². The highest BCUT2D eigenvalue weighted by Gasteiger charge is 2.28. The molecule has 0 aromatic carbocycles. The first kappa shape index (κ1) is 22.6. The van der Waals surface area contributed by atoms with E-state index < -0.39 is 10.0 Å². The smallest absolute Gasteiger partial charge is 0.251 e. The molecule has 8 heteroatoms. The van der Waals surface area contributed by atoms with Crippen LogP contribution in [0.15, 0.2) is 28.0 Å². The molecule has 1 amide bonds. The van der Waals surface area contributed by atoms with Gasteiger partial charge in [-0.2, -0.15) is 4.31 Å². The molecule has 1 aromatic heterocycles. The van der Waals surface area contributed by atoms with Crippen LogP contribution in [-0.4, -0.2) is 42.3 Å². The molecule has 1 N–H and O–H groups in total. The molecule has 1 saturated carbocycles. The lowest BCUT2D eigenvalue weighted by Gasteiger charge is -2.21. The van der Waals surface area contributed by atoms with Crippen LogP contribution in [0.4, 0.5) is 0 Å². The van der Waals surface area contributed by atoms with Crippen molar-refractivity contribution in [1.29, 1.82) is 0 Å². The third-order valence-corrected chi connectivity index (χ3v) is 7.58. The fraction of sp³-hybridized carbons (Fsp3) is 0.700. The number of amides is 1. The van der Waals surface area contributed by atoms with Gasteiger partial charge >= 0.3 is 0 Å². The number of hydrogen-bond acceptors (Lipinski definition) is 4. The summed E-state index contributed by atoms with van der Waals surface area (Å²) in [6.07, 6.45) is 7.88. The largest absolute Gasteiger partial charge is 0.352 e. The summed E-state index contributed by atoms with van der Waals surface area (Å²) >= 11 is 0. The van der Waals surface area contributed by atoms with Gasteiger partial charge in [0.1, 0.15) is 6.54 Å². The van der Waals surface area contributed by atoms with Gasteiger partial charge in [0.05, 0.1) is 4.90 Å². The lowest BCUT2D eigenvalue weighted by molar-refractivity contribution is -0.122. The molecule has 2 atom stereocenters. The number of carbonyl (C=O) groups excluding carboxylic acids is 1. The molecule has 1 aromatic rings. The molecule has 28 heavy (non-hydrogen) atoms. The minimum Gasteiger partial charge on any atom is -0.352 e. The molecule has 0 saturated heterocycles. The molecule has 0 bridgehead atoms. The molecule has 0 spiro atoms. The third-order valence-electron chi connectivity index (χ3n) is 5.55. The minimum atomic E-state index is -3.68. The number of unbranched alkanes of at least 4 members (excludes halogenated alkanes) is 1. The lowest BCUT2D eigenvalue weighted by Crippen LogP contribution is -2.40. The molecule has 0 aliphatic heterocycles. The second-order valence-corrected chi connectivity index (χ2v) is 9.37. The van der Waals surface area contributed by atoms with Gasteiger partial charge in [-0.25, -0.2) is 8.42 Å². The van der Waals surface area contributed by atoms with Crippen molar-refractivity contribution in [3.8, 4) is 0 Å². The maximum absolute atomic E-state index is 12.7. The van der Waals surface area contributed by atoms with Gasteiger partial charge in [-0.15, -0.1) is 0 Å². The lowest BCUT2D eigenvalue weighted by atomic mass is 9.97. The van der Waals surface area contributed by atoms with Crippen LogP contribution >= 0.6 is 0 Å². The van der Waals surface area contributed by atoms with E-state index in [-0.39, 0.29) is 28.9 Å². The predicted octanol–water partition coefficient (Wildman–Crippen LogP) is 2.35. The Bertz CT molecular complexity index is 815. The molecule has 2 rings (SSSR count). The third kappa shape index (κ3) is 5.44. The molecule has 2 unspecified atom stereocenters. The van der Waals surface area contributed by atoms with E-state index in [9.17, 15) is 18.0 Å². The summed E-state index contributed by atoms with van der Waals surface area (Å²) in [7, 11) is -3.68. The van der Waals surface area contributed by atoms with Gasteiger partial charge in [0.25, 0.3) is 5.56 Å². The Labute approximate surface area is 168 Å². The van der Waals surface area contributed by atoms with E-state index in [1.54, 1.807) is 13.8 Å². The van der Waals surface area contributed by atoms with E-state index in [1.165, 1.54) is 27.2 Å². The number of hydrogen-bond donors (Lipinski definition) is 1. The van der Waals surface area contributed by atoms with Crippen molar-refractivity contribution in [1.82, 2.24) is 14.2 Å². The molecule has 0 radical (unpaired) electrons. The Morgan fingerprint density at radius 1 is 1.21 bits per heavy atom. The zero-order valence-corrected chi connectivity index (χ0v) is 18.0. The molecule has 7 nitrogen and oxygen atoms in total. The molecule has 1 heterocycles. The number of aromatic nitrogens is 1. The van der Waals surface area contributed by atoms with E-state index in [1.807, 2.05) is 0 Å². The van der Waals surface area contributed by atoms with Gasteiger partial charge < -0.3 is 9.88 Å². The van der Waals surface area contributed by atoms with E-state index in [4.69, 9.17) is 0 Å². The van der Waals surface area contributed by atoms with E-state index in [0.717, 1.165) is 38.5 Å². The van der Waals surface area contributed by atoms with Gasteiger partial charge in [0.2, 0.25) is 15.9 Å². The quantitative estimate of drug-likeness (QED) is 0.640. The van der Waals surface area contributed by atoms with Crippen molar-refractivity contribution in [3.63, 3.8) is 0 Å². The van der Waals surface area contributed by atoms with Crippen LogP contribution in [0.1, 0.15) is 59.3 Å². The first-order valence-electron chi connectivity index (χ1n) is 10.3. The van der Waals surface area contributed by atoms with Crippen molar-refractivity contribution in [3.05, 3.63) is 28.7 Å². The van der Waals surface area contributed by atoms with Crippen LogP contribution in [0.25, 0.3) is 0 Å². The number of nitrogens with one attached hydrogen (secondary N) is 1. The van der Waals surface area contributed by atoms with Crippen molar-refractivity contribution >= 4 is 15.9 Å². The fourth-order valence-corrected chi connectivity index (χ4v) is 5.42. The summed E-state index contributed by atoms with van der Waals surface area (Å²) in [5.41, 5.74) is -0.386. The van der Waals surface area contributed by atoms with Gasteiger partial charge in [0, 0.05) is 31.4 Å². The molecule has 1 aliphatic rings. The summed E-state index contributed by atoms with van der Waals surface area (Å²) in [5, 5.41) is 3.06. The monoisotopic (exact) mass is 411 g/mol. The summed E-state index contributed by atoms with van der Waals surface area (Å²) in [6, 6.07) is 2.67. The highest BCUT2D eigenvalue weighted by atomic mass is 32.2. The molecular formula is C20H33N3O4S. The van der Waals surface area contributed by atoms with Crippen molar-refractivity contribution in [2.75, 3.05) is 13.1 Å². The van der Waals surface area contributed by atoms with Crippen molar-refractivity contribution in [2.45, 2.75) is 76.8 Å². The number of sulfonamides is 1. The first-order chi connectivity index (χ1) is 13.3. The zero-order valence-electron chi connectivity index (χ0n) is 17.2. The van der Waals surface area contributed by atoms with Gasteiger partial charge in [-0.05, 0) is 31.2 Å². The summed E-state index contributed by atoms with van der Waals surface area (Å²) in [4.78, 5) is 24.7. The summed E-state index contributed by atoms with van der Waals surface area (Å²) in [6.45, 7) is 6.21. The maximum atomic E-state index is 12.7. The maximum Gasteiger partial charge on any atom is 0.251 e. The van der Waals surface area contributed by atoms with E-state index >= 15 is 0 Å². The Kier molecular flexibility index (Phi) is 8.24. The van der Waals surface area contributed by atoms with Crippen LogP contribution in [0, 0.1) is 5.92 Å². The van der Waals surface area contributed by atoms with Gasteiger partial charge in [0.15, 0.2) is 0 Å². The summed E-state index contributed by atoms with van der Waals surface area (Å²) in [5.74, 6) is 0.253. The average Bonchev–Trinajstić information content (AvgIpc) is 3.09. The SMILES string of the molecule is CCCCC1CCCC1NC(=O)Cn1cc(S(=O)(=O)N(CC)CC)ccc1=O. The molecule has 1 aliphatic carbocycles. The summed E-state index contributed by atoms with van der Waals surface area (Å²) < 4.78 is 27.9. The van der Waals surface area contributed by atoms with Crippen LogP contribution in [0.2, 0.25) is 0 Å². The second kappa shape index (κ2) is 10.2. The molecule has 1 fully saturated rings. The minimum absolute atomic E-state index is 0.0327. The van der Waals surface area contributed by atoms with Crippen LogP contribution in [0.5, 0.6) is 0 Å². The van der Waals surface area contributed by atoms with Crippen molar-refractivity contribution in [2.24, 2.45) is 5.92 Å². The van der Waals surface area contributed by atoms with Crippen LogP contribution in [-0.2, 0) is 21.4 Å². The van der Waals surface area contributed by atoms with Crippen LogP contribution in [0.3, 0.4) is 0 Å². The van der Waals surface area contributed by atoms with Crippen LogP contribution < -0.4 is 10.9 Å². The molecule has 158 valence electrons. The standard InChI is InChI=1S/C20H33N3O4S/c1-4-7-9-16-10-8-11-18(16)21-19(24)15-22-14-17(12-13-20(22)25)28(26,27)23(5-2)6-3/h12-14,16,18H,4-11,15H2,1-3H3,(H,21,24). The Morgan fingerprint density at radius 3 is 2.57 bits per heavy atom. The van der Waals surface area contributed by atoms with E-state index in [2.05, 4.69) is 12.2 Å². The van der Waals surface area contributed by atoms with Gasteiger partial charge in [-0.1, -0.05) is 40.0 Å². The normalized spacial score (nSPS) is 19.9. The number of rotatable bonds is 10. The predicted molar refractivity (Wildman–Crippen MR) is 110 cm³/mol.